The molecule has 11 heteroatoms. The van der Waals surface area contributed by atoms with Gasteiger partial charge in [0.05, 0.1) is 30.5 Å². The largest absolute Gasteiger partial charge is 0.493 e. The van der Waals surface area contributed by atoms with Gasteiger partial charge in [0.15, 0.2) is 23.2 Å². The molecule has 2 aromatic carbocycles. The molecule has 1 heterocycles. The van der Waals surface area contributed by atoms with E-state index in [1.807, 2.05) is 24.3 Å². The van der Waals surface area contributed by atoms with E-state index in [4.69, 9.17) is 18.9 Å². The Balaban J connectivity index is 1.63. The molecule has 0 radical (unpaired) electrons. The molecule has 180 valence electrons. The highest BCUT2D eigenvalue weighted by Gasteiger charge is 2.31. The van der Waals surface area contributed by atoms with Crippen LogP contribution in [0.5, 0.6) is 11.5 Å². The van der Waals surface area contributed by atoms with Crippen LogP contribution in [0.4, 0.5) is 10.8 Å². The molecule has 1 aromatic heterocycles. The fourth-order valence-corrected chi connectivity index (χ4v) is 3.81. The number of nitrogens with one attached hydrogen (secondary N) is 2. The minimum absolute atomic E-state index is 0.0513. The van der Waals surface area contributed by atoms with Gasteiger partial charge in [-0.2, -0.15) is 0 Å². The van der Waals surface area contributed by atoms with Crippen LogP contribution in [0.3, 0.4) is 0 Å². The summed E-state index contributed by atoms with van der Waals surface area (Å²) in [5.74, 6) is -1.83. The third-order valence-corrected chi connectivity index (χ3v) is 5.37. The van der Waals surface area contributed by atoms with Crippen molar-refractivity contribution in [3.8, 4) is 11.5 Å². The van der Waals surface area contributed by atoms with Crippen LogP contribution in [-0.4, -0.2) is 55.8 Å². The summed E-state index contributed by atoms with van der Waals surface area (Å²) >= 11 is 1.52. The Morgan fingerprint density at radius 3 is 2.35 bits per heavy atom. The van der Waals surface area contributed by atoms with Crippen molar-refractivity contribution in [2.75, 3.05) is 32.2 Å². The molecule has 0 spiro atoms. The molecule has 34 heavy (non-hydrogen) atoms. The zero-order valence-corrected chi connectivity index (χ0v) is 19.8. The highest BCUT2D eigenvalue weighted by molar-refractivity contribution is 7.22. The summed E-state index contributed by atoms with van der Waals surface area (Å²) in [6.45, 7) is 2.82. The number of hydrogen-bond donors (Lipinski definition) is 2. The summed E-state index contributed by atoms with van der Waals surface area (Å²) in [5, 5.41) is 6.22. The standard InChI is InChI=1S/C23H25N3O7S/c1-4-31-21(28)20(22(29)32-5-2)26-19(27)13-33-16-11-10-14(12-17(16)30-3)24-23-25-15-8-6-7-9-18(15)34-23/h6-12,20H,4-5,13H2,1-3H3,(H,24,25)(H,26,27). The summed E-state index contributed by atoms with van der Waals surface area (Å²) in [5.41, 5.74) is 1.62. The summed E-state index contributed by atoms with van der Waals surface area (Å²) < 4.78 is 21.6. The maximum atomic E-state index is 12.3. The van der Waals surface area contributed by atoms with Crippen LogP contribution in [0.1, 0.15) is 13.8 Å². The molecule has 3 aromatic rings. The zero-order valence-electron chi connectivity index (χ0n) is 19.0. The van der Waals surface area contributed by atoms with Crippen molar-refractivity contribution in [1.29, 1.82) is 0 Å². The Kier molecular flexibility index (Phi) is 8.63. The van der Waals surface area contributed by atoms with Crippen LogP contribution in [0.15, 0.2) is 42.5 Å². The van der Waals surface area contributed by atoms with Crippen molar-refractivity contribution in [2.45, 2.75) is 19.9 Å². The number of fused-ring (bicyclic) bond motifs is 1. The fraction of sp³-hybridized carbons (Fsp3) is 0.304. The molecule has 0 bridgehead atoms. The number of aromatic nitrogens is 1. The number of nitrogens with zero attached hydrogens (tertiary/aromatic N) is 1. The lowest BCUT2D eigenvalue weighted by Crippen LogP contribution is -2.49. The third-order valence-electron chi connectivity index (χ3n) is 4.42. The van der Waals surface area contributed by atoms with Gasteiger partial charge in [0, 0.05) is 11.8 Å². The highest BCUT2D eigenvalue weighted by atomic mass is 32.1. The van der Waals surface area contributed by atoms with Crippen molar-refractivity contribution in [3.63, 3.8) is 0 Å². The summed E-state index contributed by atoms with van der Waals surface area (Å²) in [6.07, 6.45) is 0. The van der Waals surface area contributed by atoms with Gasteiger partial charge in [-0.3, -0.25) is 4.79 Å². The SMILES string of the molecule is CCOC(=O)C(NC(=O)COc1ccc(Nc2nc3ccccc3s2)cc1OC)C(=O)OCC. The van der Waals surface area contributed by atoms with E-state index in [1.165, 1.54) is 18.4 Å². The van der Waals surface area contributed by atoms with Crippen molar-refractivity contribution in [3.05, 3.63) is 42.5 Å². The van der Waals surface area contributed by atoms with Crippen LogP contribution < -0.4 is 20.1 Å². The first-order chi connectivity index (χ1) is 16.4. The van der Waals surface area contributed by atoms with Gasteiger partial charge >= 0.3 is 11.9 Å². The highest BCUT2D eigenvalue weighted by Crippen LogP contribution is 2.33. The first kappa shape index (κ1) is 24.8. The molecular formula is C23H25N3O7S. The van der Waals surface area contributed by atoms with Gasteiger partial charge < -0.3 is 29.6 Å². The molecule has 2 N–H and O–H groups in total. The molecule has 1 amide bonds. The third kappa shape index (κ3) is 6.35. The Morgan fingerprint density at radius 2 is 1.71 bits per heavy atom. The van der Waals surface area contributed by atoms with E-state index in [0.717, 1.165) is 21.0 Å². The van der Waals surface area contributed by atoms with Gasteiger partial charge in [0.25, 0.3) is 5.91 Å². The molecule has 0 saturated carbocycles. The number of thiazole rings is 1. The lowest BCUT2D eigenvalue weighted by molar-refractivity contribution is -0.159. The number of carbonyl (C=O) groups is 3. The van der Waals surface area contributed by atoms with Gasteiger partial charge in [0.1, 0.15) is 0 Å². The molecule has 0 atom stereocenters. The first-order valence-electron chi connectivity index (χ1n) is 10.5. The Labute approximate surface area is 200 Å². The van der Waals surface area contributed by atoms with Gasteiger partial charge in [-0.1, -0.05) is 23.5 Å². The zero-order chi connectivity index (χ0) is 24.5. The van der Waals surface area contributed by atoms with Crippen LogP contribution in [0.2, 0.25) is 0 Å². The smallest absolute Gasteiger partial charge is 0.340 e. The minimum Gasteiger partial charge on any atom is -0.493 e. The number of hydrogen-bond acceptors (Lipinski definition) is 10. The average molecular weight is 488 g/mol. The van der Waals surface area contributed by atoms with E-state index in [1.54, 1.807) is 32.0 Å². The second-order valence-corrected chi connectivity index (χ2v) is 7.80. The van der Waals surface area contributed by atoms with E-state index in [-0.39, 0.29) is 13.2 Å². The lowest BCUT2D eigenvalue weighted by Gasteiger charge is -2.16. The number of para-hydroxylation sites is 1. The predicted molar refractivity (Wildman–Crippen MR) is 127 cm³/mol. The van der Waals surface area contributed by atoms with Crippen LogP contribution in [-0.2, 0) is 23.9 Å². The van der Waals surface area contributed by atoms with Gasteiger partial charge in [-0.05, 0) is 38.1 Å². The summed E-state index contributed by atoms with van der Waals surface area (Å²) in [6, 6.07) is 11.3. The van der Waals surface area contributed by atoms with E-state index >= 15 is 0 Å². The minimum atomic E-state index is -1.57. The lowest BCUT2D eigenvalue weighted by atomic mass is 10.2. The molecular weight excluding hydrogens is 462 g/mol. The monoisotopic (exact) mass is 487 g/mol. The summed E-state index contributed by atoms with van der Waals surface area (Å²) in [7, 11) is 1.47. The second-order valence-electron chi connectivity index (χ2n) is 6.77. The Hall–Kier alpha value is -3.86. The second kappa shape index (κ2) is 11.8. The molecule has 0 unspecified atom stereocenters. The maximum Gasteiger partial charge on any atom is 0.340 e. The van der Waals surface area contributed by atoms with Crippen LogP contribution >= 0.6 is 11.3 Å². The molecule has 3 rings (SSSR count). The number of benzene rings is 2. The predicted octanol–water partition coefficient (Wildman–Crippen LogP) is 3.04. The molecule has 0 aliphatic carbocycles. The summed E-state index contributed by atoms with van der Waals surface area (Å²) in [4.78, 5) is 40.9. The number of methoxy groups -OCH3 is 1. The average Bonchev–Trinajstić information content (AvgIpc) is 3.24. The van der Waals surface area contributed by atoms with E-state index in [9.17, 15) is 14.4 Å². The van der Waals surface area contributed by atoms with E-state index < -0.39 is 30.5 Å². The molecule has 0 aliphatic heterocycles. The van der Waals surface area contributed by atoms with Crippen molar-refractivity contribution in [2.24, 2.45) is 0 Å². The molecule has 0 fully saturated rings. The molecule has 10 nitrogen and oxygen atoms in total. The fourth-order valence-electron chi connectivity index (χ4n) is 2.92. The maximum absolute atomic E-state index is 12.3. The number of ether oxygens (including phenoxy) is 4. The van der Waals surface area contributed by atoms with Crippen molar-refractivity contribution < 1.29 is 33.3 Å². The Bertz CT molecular complexity index is 1110. The van der Waals surface area contributed by atoms with Crippen LogP contribution in [0, 0.1) is 0 Å². The van der Waals surface area contributed by atoms with Gasteiger partial charge in [0.2, 0.25) is 6.04 Å². The van der Waals surface area contributed by atoms with Gasteiger partial charge in [-0.15, -0.1) is 0 Å². The van der Waals surface area contributed by atoms with E-state index in [2.05, 4.69) is 15.6 Å². The Morgan fingerprint density at radius 1 is 1.00 bits per heavy atom. The van der Waals surface area contributed by atoms with Crippen molar-refractivity contribution in [1.82, 2.24) is 10.3 Å². The van der Waals surface area contributed by atoms with E-state index in [0.29, 0.717) is 11.5 Å². The number of rotatable bonds is 11. The number of esters is 2. The quantitative estimate of drug-likeness (QED) is 0.310. The number of amides is 1. The molecule has 0 aliphatic rings. The topological polar surface area (TPSA) is 125 Å². The normalized spacial score (nSPS) is 10.6. The number of anilines is 2. The van der Waals surface area contributed by atoms with Crippen LogP contribution in [0.25, 0.3) is 10.2 Å². The number of carbonyl (C=O) groups excluding carboxylic acids is 3. The molecule has 0 saturated heterocycles. The van der Waals surface area contributed by atoms with Gasteiger partial charge in [-0.25, -0.2) is 14.6 Å². The van der Waals surface area contributed by atoms with Crippen molar-refractivity contribution >= 4 is 50.2 Å². The first-order valence-corrected chi connectivity index (χ1v) is 11.3.